The molecule has 3 amide bonds. The molecule has 1 aromatic heterocycles. The summed E-state index contributed by atoms with van der Waals surface area (Å²) in [5.41, 5.74) is 4.68. The van der Waals surface area contributed by atoms with Crippen LogP contribution in [0, 0.1) is 0 Å². The van der Waals surface area contributed by atoms with E-state index in [-0.39, 0.29) is 24.8 Å². The summed E-state index contributed by atoms with van der Waals surface area (Å²) in [7, 11) is 0. The van der Waals surface area contributed by atoms with Gasteiger partial charge in [0.1, 0.15) is 5.82 Å². The molecule has 0 saturated carbocycles. The Balaban J connectivity index is 1.39. The number of hydrogen-bond donors (Lipinski definition) is 3. The number of anilines is 2. The number of imidazole rings is 1. The van der Waals surface area contributed by atoms with Crippen LogP contribution < -0.4 is 10.6 Å². The second-order valence-corrected chi connectivity index (χ2v) is 8.18. The number of amides is 3. The molecule has 0 aliphatic rings. The van der Waals surface area contributed by atoms with Crippen molar-refractivity contribution in [3.05, 3.63) is 78.4 Å². The first-order valence-electron chi connectivity index (χ1n) is 11.5. The Morgan fingerprint density at radius 2 is 1.74 bits per heavy atom. The van der Waals surface area contributed by atoms with Gasteiger partial charge in [-0.3, -0.25) is 14.4 Å². The van der Waals surface area contributed by atoms with Crippen molar-refractivity contribution in [2.75, 3.05) is 23.7 Å². The Bertz CT molecular complexity index is 1320. The Kier molecular flexibility index (Phi) is 7.52. The third kappa shape index (κ3) is 6.11. The van der Waals surface area contributed by atoms with Gasteiger partial charge in [-0.25, -0.2) is 4.98 Å². The lowest BCUT2D eigenvalue weighted by Crippen LogP contribution is -2.39. The Labute approximate surface area is 203 Å². The molecule has 8 heteroatoms. The molecular formula is C27H27N5O3. The van der Waals surface area contributed by atoms with Crippen molar-refractivity contribution < 1.29 is 14.4 Å². The van der Waals surface area contributed by atoms with Gasteiger partial charge < -0.3 is 20.5 Å². The lowest BCUT2D eigenvalue weighted by Gasteiger charge is -2.21. The number of nitrogens with one attached hydrogen (secondary N) is 3. The standard InChI is InChI=1S/C27H27N5O3/c1-2-14-32(26(35)15-19-6-4-3-5-7-19)17-25(34)29-21-10-8-20(9-11-21)27-30-23-13-12-22(28-18-33)16-24(23)31-27/h3-13,16,18H,2,14-15,17H2,1H3,(H,28,33)(H,29,34)(H,30,31). The SMILES string of the molecule is CCCN(CC(=O)Nc1ccc(-c2nc3cc(NC=O)ccc3[nH]2)cc1)C(=O)Cc1ccccc1. The summed E-state index contributed by atoms with van der Waals surface area (Å²) in [4.78, 5) is 45.5. The lowest BCUT2D eigenvalue weighted by atomic mass is 10.1. The zero-order chi connectivity index (χ0) is 24.6. The zero-order valence-electron chi connectivity index (χ0n) is 19.5. The number of H-pyrrole nitrogens is 1. The highest BCUT2D eigenvalue weighted by Crippen LogP contribution is 2.24. The van der Waals surface area contributed by atoms with Gasteiger partial charge in [0.15, 0.2) is 0 Å². The Morgan fingerprint density at radius 1 is 1.00 bits per heavy atom. The number of fused-ring (bicyclic) bond motifs is 1. The van der Waals surface area contributed by atoms with Crippen molar-refractivity contribution in [3.8, 4) is 11.4 Å². The molecule has 0 saturated heterocycles. The third-order valence-corrected chi connectivity index (χ3v) is 5.53. The van der Waals surface area contributed by atoms with Crippen molar-refractivity contribution in [1.29, 1.82) is 0 Å². The summed E-state index contributed by atoms with van der Waals surface area (Å²) < 4.78 is 0. The van der Waals surface area contributed by atoms with Gasteiger partial charge in [-0.05, 0) is 54.4 Å². The van der Waals surface area contributed by atoms with E-state index in [1.54, 1.807) is 29.2 Å². The predicted molar refractivity (Wildman–Crippen MR) is 137 cm³/mol. The van der Waals surface area contributed by atoms with E-state index in [1.165, 1.54) is 0 Å². The minimum absolute atomic E-state index is 0.00197. The van der Waals surface area contributed by atoms with Gasteiger partial charge in [-0.2, -0.15) is 0 Å². The fourth-order valence-electron chi connectivity index (χ4n) is 3.83. The molecule has 8 nitrogen and oxygen atoms in total. The number of aromatic nitrogens is 2. The molecular weight excluding hydrogens is 442 g/mol. The van der Waals surface area contributed by atoms with Crippen molar-refractivity contribution in [1.82, 2.24) is 14.9 Å². The maximum absolute atomic E-state index is 12.7. The molecule has 178 valence electrons. The van der Waals surface area contributed by atoms with E-state index in [1.807, 2.05) is 55.5 Å². The molecule has 0 aliphatic carbocycles. The molecule has 0 bridgehead atoms. The van der Waals surface area contributed by atoms with Crippen LogP contribution in [0.25, 0.3) is 22.4 Å². The fraction of sp³-hybridized carbons (Fsp3) is 0.185. The quantitative estimate of drug-likeness (QED) is 0.302. The largest absolute Gasteiger partial charge is 0.338 e. The molecule has 35 heavy (non-hydrogen) atoms. The summed E-state index contributed by atoms with van der Waals surface area (Å²) in [5, 5.41) is 5.49. The smallest absolute Gasteiger partial charge is 0.243 e. The second kappa shape index (κ2) is 11.1. The summed E-state index contributed by atoms with van der Waals surface area (Å²) in [5.74, 6) is 0.369. The average molecular weight is 470 g/mol. The number of carbonyl (C=O) groups excluding carboxylic acids is 3. The number of hydrogen-bond acceptors (Lipinski definition) is 4. The van der Waals surface area contributed by atoms with Crippen LogP contribution >= 0.6 is 0 Å². The highest BCUT2D eigenvalue weighted by molar-refractivity contribution is 5.95. The van der Waals surface area contributed by atoms with Gasteiger partial charge in [-0.1, -0.05) is 37.3 Å². The molecule has 4 aromatic rings. The number of carbonyl (C=O) groups is 3. The van der Waals surface area contributed by atoms with E-state index in [4.69, 9.17) is 0 Å². The van der Waals surface area contributed by atoms with Gasteiger partial charge in [0.05, 0.1) is 24.0 Å². The first-order chi connectivity index (χ1) is 17.1. The third-order valence-electron chi connectivity index (χ3n) is 5.53. The van der Waals surface area contributed by atoms with Crippen LogP contribution in [-0.4, -0.2) is 46.2 Å². The van der Waals surface area contributed by atoms with E-state index >= 15 is 0 Å². The predicted octanol–water partition coefficient (Wildman–Crippen LogP) is 4.22. The van der Waals surface area contributed by atoms with Crippen LogP contribution in [0.5, 0.6) is 0 Å². The van der Waals surface area contributed by atoms with E-state index in [9.17, 15) is 14.4 Å². The monoisotopic (exact) mass is 469 g/mol. The topological polar surface area (TPSA) is 107 Å². The average Bonchev–Trinajstić information content (AvgIpc) is 3.28. The van der Waals surface area contributed by atoms with Crippen LogP contribution in [0.3, 0.4) is 0 Å². The highest BCUT2D eigenvalue weighted by atomic mass is 16.2. The maximum Gasteiger partial charge on any atom is 0.243 e. The normalized spacial score (nSPS) is 10.7. The van der Waals surface area contributed by atoms with Crippen LogP contribution in [-0.2, 0) is 20.8 Å². The van der Waals surface area contributed by atoms with E-state index in [0.717, 1.165) is 28.6 Å². The molecule has 4 rings (SSSR count). The molecule has 0 radical (unpaired) electrons. The first-order valence-corrected chi connectivity index (χ1v) is 11.5. The summed E-state index contributed by atoms with van der Waals surface area (Å²) >= 11 is 0. The zero-order valence-corrected chi connectivity index (χ0v) is 19.5. The number of rotatable bonds is 10. The van der Waals surface area contributed by atoms with Gasteiger partial charge in [0, 0.05) is 23.5 Å². The maximum atomic E-state index is 12.7. The molecule has 1 heterocycles. The second-order valence-electron chi connectivity index (χ2n) is 8.18. The fourth-order valence-corrected chi connectivity index (χ4v) is 3.83. The van der Waals surface area contributed by atoms with Gasteiger partial charge >= 0.3 is 0 Å². The van der Waals surface area contributed by atoms with E-state index < -0.39 is 0 Å². The summed E-state index contributed by atoms with van der Waals surface area (Å²) in [6, 6.07) is 22.3. The van der Waals surface area contributed by atoms with Crippen molar-refractivity contribution in [2.45, 2.75) is 19.8 Å². The lowest BCUT2D eigenvalue weighted by molar-refractivity contribution is -0.134. The summed E-state index contributed by atoms with van der Waals surface area (Å²) in [6.07, 6.45) is 1.67. The minimum atomic E-state index is -0.244. The van der Waals surface area contributed by atoms with Crippen molar-refractivity contribution in [3.63, 3.8) is 0 Å². The van der Waals surface area contributed by atoms with Gasteiger partial charge in [0.25, 0.3) is 0 Å². The van der Waals surface area contributed by atoms with Crippen LogP contribution in [0.15, 0.2) is 72.8 Å². The van der Waals surface area contributed by atoms with Gasteiger partial charge in [0.2, 0.25) is 18.2 Å². The number of aromatic amines is 1. The van der Waals surface area contributed by atoms with Crippen molar-refractivity contribution >= 4 is 40.6 Å². The van der Waals surface area contributed by atoms with Crippen LogP contribution in [0.4, 0.5) is 11.4 Å². The van der Waals surface area contributed by atoms with E-state index in [2.05, 4.69) is 20.6 Å². The van der Waals surface area contributed by atoms with E-state index in [0.29, 0.717) is 30.2 Å². The molecule has 0 unspecified atom stereocenters. The molecule has 0 fully saturated rings. The highest BCUT2D eigenvalue weighted by Gasteiger charge is 2.17. The molecule has 0 spiro atoms. The number of benzene rings is 3. The Hall–Kier alpha value is -4.46. The molecule has 0 atom stereocenters. The number of nitrogens with zero attached hydrogens (tertiary/aromatic N) is 2. The summed E-state index contributed by atoms with van der Waals surface area (Å²) in [6.45, 7) is 2.51. The molecule has 0 aliphatic heterocycles. The minimum Gasteiger partial charge on any atom is -0.338 e. The van der Waals surface area contributed by atoms with Crippen LogP contribution in [0.2, 0.25) is 0 Å². The van der Waals surface area contributed by atoms with Crippen molar-refractivity contribution in [2.24, 2.45) is 0 Å². The first kappa shape index (κ1) is 23.7. The molecule has 3 N–H and O–H groups in total. The molecule has 3 aromatic carbocycles. The Morgan fingerprint density at radius 3 is 2.46 bits per heavy atom. The van der Waals surface area contributed by atoms with Gasteiger partial charge in [-0.15, -0.1) is 0 Å². The van der Waals surface area contributed by atoms with Crippen LogP contribution in [0.1, 0.15) is 18.9 Å².